The summed E-state index contributed by atoms with van der Waals surface area (Å²) in [7, 11) is 1.57. The maximum absolute atomic E-state index is 13.1. The van der Waals surface area contributed by atoms with Gasteiger partial charge in [0.05, 0.1) is 18.9 Å². The minimum absolute atomic E-state index is 0.0552. The summed E-state index contributed by atoms with van der Waals surface area (Å²) in [6.07, 6.45) is 6.86. The molecule has 33 heavy (non-hydrogen) atoms. The van der Waals surface area contributed by atoms with Crippen molar-refractivity contribution in [1.82, 2.24) is 20.2 Å². The van der Waals surface area contributed by atoms with Crippen LogP contribution in [0.3, 0.4) is 0 Å². The Labute approximate surface area is 196 Å². The molecule has 174 valence electrons. The van der Waals surface area contributed by atoms with Gasteiger partial charge in [-0.15, -0.1) is 5.10 Å². The quantitative estimate of drug-likeness (QED) is 0.536. The summed E-state index contributed by atoms with van der Waals surface area (Å²) < 4.78 is 11.4. The molecule has 0 radical (unpaired) electrons. The molecule has 0 aliphatic heterocycles. The van der Waals surface area contributed by atoms with Gasteiger partial charge in [-0.2, -0.15) is 0 Å². The van der Waals surface area contributed by atoms with Gasteiger partial charge in [0.15, 0.2) is 0 Å². The largest absolute Gasteiger partial charge is 0.494 e. The van der Waals surface area contributed by atoms with Gasteiger partial charge in [-0.25, -0.2) is 0 Å². The third kappa shape index (κ3) is 5.45. The fourth-order valence-electron chi connectivity index (χ4n) is 3.93. The summed E-state index contributed by atoms with van der Waals surface area (Å²) in [5, 5.41) is 21.0. The van der Waals surface area contributed by atoms with Crippen LogP contribution in [0.1, 0.15) is 47.4 Å². The molecule has 0 unspecified atom stereocenters. The number of aryl methyl sites for hydroxylation is 2. The molecule has 1 aliphatic carbocycles. The number of aromatic nitrogens is 4. The Balaban J connectivity index is 1.51. The SMILES string of the molecule is COc1cnc(C)cc1-c1cc(C)ncc1C(=O)Nc1nnc(O[C@H]2CC[C@H](CO)CC2)s1. The Bertz CT molecular complexity index is 1130. The average Bonchev–Trinajstić information content (AvgIpc) is 3.25. The number of hydrogen-bond donors (Lipinski definition) is 2. The van der Waals surface area contributed by atoms with Crippen molar-refractivity contribution < 1.29 is 19.4 Å². The lowest BCUT2D eigenvalue weighted by Gasteiger charge is -2.26. The highest BCUT2D eigenvalue weighted by molar-refractivity contribution is 7.17. The molecule has 0 aromatic carbocycles. The summed E-state index contributed by atoms with van der Waals surface area (Å²) >= 11 is 1.19. The van der Waals surface area contributed by atoms with Crippen LogP contribution in [0.5, 0.6) is 10.9 Å². The van der Waals surface area contributed by atoms with E-state index in [-0.39, 0.29) is 18.6 Å². The maximum Gasteiger partial charge on any atom is 0.296 e. The Morgan fingerprint density at radius 3 is 2.48 bits per heavy atom. The molecule has 4 rings (SSSR count). The van der Waals surface area contributed by atoms with E-state index in [0.717, 1.165) is 42.6 Å². The van der Waals surface area contributed by atoms with Gasteiger partial charge in [0.25, 0.3) is 11.1 Å². The predicted molar refractivity (Wildman–Crippen MR) is 125 cm³/mol. The van der Waals surface area contributed by atoms with Gasteiger partial charge >= 0.3 is 0 Å². The molecule has 2 N–H and O–H groups in total. The van der Waals surface area contributed by atoms with Crippen LogP contribution in [-0.2, 0) is 0 Å². The van der Waals surface area contributed by atoms with Gasteiger partial charge < -0.3 is 14.6 Å². The Morgan fingerprint density at radius 1 is 1.09 bits per heavy atom. The Kier molecular flexibility index (Phi) is 7.14. The van der Waals surface area contributed by atoms with Crippen molar-refractivity contribution in [2.45, 2.75) is 45.6 Å². The van der Waals surface area contributed by atoms with Crippen LogP contribution in [-0.4, -0.2) is 51.0 Å². The van der Waals surface area contributed by atoms with Crippen LogP contribution in [0.4, 0.5) is 5.13 Å². The summed E-state index contributed by atoms with van der Waals surface area (Å²) in [4.78, 5) is 21.7. The number of pyridine rings is 2. The first kappa shape index (κ1) is 23.1. The number of nitrogens with zero attached hydrogens (tertiary/aromatic N) is 4. The molecular weight excluding hydrogens is 442 g/mol. The first-order chi connectivity index (χ1) is 16.0. The molecule has 3 heterocycles. The van der Waals surface area contributed by atoms with Gasteiger partial charge in [0.2, 0.25) is 5.13 Å². The molecule has 0 saturated heterocycles. The summed E-state index contributed by atoms with van der Waals surface area (Å²) in [5.74, 6) is 0.581. The van der Waals surface area contributed by atoms with Crippen LogP contribution < -0.4 is 14.8 Å². The van der Waals surface area contributed by atoms with Crippen molar-refractivity contribution in [1.29, 1.82) is 0 Å². The lowest BCUT2D eigenvalue weighted by molar-refractivity contribution is 0.102. The fraction of sp³-hybridized carbons (Fsp3) is 0.435. The number of amides is 1. The van der Waals surface area contributed by atoms with Crippen molar-refractivity contribution in [2.24, 2.45) is 5.92 Å². The number of rotatable bonds is 7. The molecule has 3 aromatic rings. The smallest absolute Gasteiger partial charge is 0.296 e. The van der Waals surface area contributed by atoms with Crippen LogP contribution in [0.2, 0.25) is 0 Å². The Hall–Kier alpha value is -3.11. The standard InChI is InChI=1S/C23H27N5O4S/c1-13-8-17(18-9-14(2)25-11-20(18)31-3)19(10-24-13)21(30)26-22-27-28-23(33-22)32-16-6-4-15(12-29)5-7-16/h8-11,15-16,29H,4-7,12H2,1-3H3,(H,26,27,30)/t15-,16-. The predicted octanol–water partition coefficient (Wildman–Crippen LogP) is 3.80. The van der Waals surface area contributed by atoms with Crippen molar-refractivity contribution in [3.63, 3.8) is 0 Å². The second-order valence-electron chi connectivity index (χ2n) is 8.17. The van der Waals surface area contributed by atoms with E-state index in [1.54, 1.807) is 19.5 Å². The average molecular weight is 470 g/mol. The number of aliphatic hydroxyl groups excluding tert-OH is 1. The summed E-state index contributed by atoms with van der Waals surface area (Å²) in [5.41, 5.74) is 3.44. The van der Waals surface area contributed by atoms with Gasteiger partial charge in [-0.05, 0) is 68.9 Å². The van der Waals surface area contributed by atoms with Gasteiger partial charge in [-0.1, -0.05) is 5.10 Å². The second kappa shape index (κ2) is 10.2. The van der Waals surface area contributed by atoms with E-state index in [2.05, 4.69) is 25.5 Å². The molecule has 1 fully saturated rings. The molecule has 1 amide bonds. The van der Waals surface area contributed by atoms with Crippen molar-refractivity contribution in [2.75, 3.05) is 19.0 Å². The number of carbonyl (C=O) groups excluding carboxylic acids is 1. The minimum atomic E-state index is -0.347. The molecule has 0 atom stereocenters. The summed E-state index contributed by atoms with van der Waals surface area (Å²) in [6.45, 7) is 3.98. The van der Waals surface area contributed by atoms with E-state index < -0.39 is 0 Å². The van der Waals surface area contributed by atoms with E-state index in [1.807, 2.05) is 26.0 Å². The zero-order valence-corrected chi connectivity index (χ0v) is 19.7. The van der Waals surface area contributed by atoms with Crippen molar-refractivity contribution >= 4 is 22.4 Å². The lowest BCUT2D eigenvalue weighted by atomic mass is 9.88. The second-order valence-corrected chi connectivity index (χ2v) is 9.11. The van der Waals surface area contributed by atoms with Crippen LogP contribution in [0.25, 0.3) is 11.1 Å². The molecule has 0 bridgehead atoms. The van der Waals surface area contributed by atoms with E-state index in [1.165, 1.54) is 11.3 Å². The highest BCUT2D eigenvalue weighted by Crippen LogP contribution is 2.34. The van der Waals surface area contributed by atoms with Crippen molar-refractivity contribution in [3.05, 3.63) is 41.5 Å². The lowest BCUT2D eigenvalue weighted by Crippen LogP contribution is -2.25. The molecule has 1 aliphatic rings. The number of nitrogens with one attached hydrogen (secondary N) is 1. The molecule has 0 spiro atoms. The first-order valence-electron chi connectivity index (χ1n) is 10.9. The van der Waals surface area contributed by atoms with Crippen LogP contribution >= 0.6 is 11.3 Å². The van der Waals surface area contributed by atoms with E-state index >= 15 is 0 Å². The molecule has 10 heteroatoms. The monoisotopic (exact) mass is 469 g/mol. The van der Waals surface area contributed by atoms with Gasteiger partial charge in [-0.3, -0.25) is 20.1 Å². The fourth-order valence-corrected chi connectivity index (χ4v) is 4.59. The third-order valence-electron chi connectivity index (χ3n) is 5.75. The van der Waals surface area contributed by atoms with Crippen LogP contribution in [0.15, 0.2) is 24.5 Å². The third-order valence-corrected chi connectivity index (χ3v) is 6.48. The highest BCUT2D eigenvalue weighted by Gasteiger charge is 2.24. The van der Waals surface area contributed by atoms with Gasteiger partial charge in [0.1, 0.15) is 11.9 Å². The number of carbonyl (C=O) groups is 1. The zero-order chi connectivity index (χ0) is 23.4. The van der Waals surface area contributed by atoms with Crippen LogP contribution in [0, 0.1) is 19.8 Å². The number of ether oxygens (including phenoxy) is 2. The van der Waals surface area contributed by atoms with E-state index in [9.17, 15) is 9.90 Å². The highest BCUT2D eigenvalue weighted by atomic mass is 32.1. The first-order valence-corrected chi connectivity index (χ1v) is 11.7. The molecule has 3 aromatic heterocycles. The molecule has 9 nitrogen and oxygen atoms in total. The maximum atomic E-state index is 13.1. The van der Waals surface area contributed by atoms with Gasteiger partial charge in [0, 0.05) is 35.3 Å². The molecule has 1 saturated carbocycles. The molecular formula is C23H27N5O4S. The minimum Gasteiger partial charge on any atom is -0.494 e. The zero-order valence-electron chi connectivity index (χ0n) is 18.9. The Morgan fingerprint density at radius 2 is 1.79 bits per heavy atom. The van der Waals surface area contributed by atoms with E-state index in [4.69, 9.17) is 9.47 Å². The number of hydrogen-bond acceptors (Lipinski definition) is 9. The summed E-state index contributed by atoms with van der Waals surface area (Å²) in [6, 6.07) is 3.73. The number of anilines is 1. The van der Waals surface area contributed by atoms with Crippen molar-refractivity contribution in [3.8, 4) is 22.1 Å². The normalized spacial score (nSPS) is 18.1. The number of methoxy groups -OCH3 is 1. The van der Waals surface area contributed by atoms with E-state index in [0.29, 0.717) is 33.1 Å². The topological polar surface area (TPSA) is 119 Å². The number of aliphatic hydroxyl groups is 1.